The Morgan fingerprint density at radius 3 is 2.69 bits per heavy atom. The van der Waals surface area contributed by atoms with Gasteiger partial charge < -0.3 is 9.84 Å². The highest BCUT2D eigenvalue weighted by Crippen LogP contribution is 2.43. The van der Waals surface area contributed by atoms with Crippen LogP contribution < -0.4 is 5.32 Å². The minimum atomic E-state index is -0.0938. The van der Waals surface area contributed by atoms with E-state index in [2.05, 4.69) is 15.6 Å². The van der Waals surface area contributed by atoms with E-state index in [1.165, 1.54) is 0 Å². The summed E-state index contributed by atoms with van der Waals surface area (Å²) in [4.78, 5) is 18.4. The number of carbonyl (C=O) groups excluding carboxylic acids is 1. The number of amides is 1. The lowest BCUT2D eigenvalue weighted by Gasteiger charge is -2.32. The Balaban J connectivity index is 1.40. The predicted molar refractivity (Wildman–Crippen MR) is 120 cm³/mol. The third-order valence-corrected chi connectivity index (χ3v) is 6.66. The molecule has 1 aromatic carbocycles. The molecular formula is C25H25N5O2. The van der Waals surface area contributed by atoms with Crippen LogP contribution in [0.5, 0.6) is 0 Å². The molecule has 7 nitrogen and oxygen atoms in total. The molecule has 4 aromatic rings. The summed E-state index contributed by atoms with van der Waals surface area (Å²) in [5.41, 5.74) is 3.56. The third-order valence-electron chi connectivity index (χ3n) is 6.66. The second-order valence-electron chi connectivity index (χ2n) is 8.86. The topological polar surface area (TPSA) is 85.8 Å². The number of rotatable bonds is 5. The van der Waals surface area contributed by atoms with Crippen molar-refractivity contribution in [2.75, 3.05) is 0 Å². The second-order valence-corrected chi connectivity index (χ2v) is 8.86. The lowest BCUT2D eigenvalue weighted by molar-refractivity contribution is 0.0906. The van der Waals surface area contributed by atoms with Crippen LogP contribution in [-0.2, 0) is 0 Å². The molecule has 1 amide bonds. The standard InChI is InChI=1S/C25H25N5O2/c31-24(27-19-9-4-5-10-21(19)30-14-6-13-26-30)18-15-20(16-7-2-1-3-8-16)28-25-22(18)23(29-32-25)17-11-12-17/h1-3,6-8,13-15,17,19,21H,4-5,9-12H2,(H,27,31). The highest BCUT2D eigenvalue weighted by Gasteiger charge is 2.34. The third kappa shape index (κ3) is 3.47. The molecular weight excluding hydrogens is 402 g/mol. The summed E-state index contributed by atoms with van der Waals surface area (Å²) in [6, 6.07) is 13.9. The Labute approximate surface area is 185 Å². The number of hydrogen-bond acceptors (Lipinski definition) is 5. The van der Waals surface area contributed by atoms with E-state index in [4.69, 9.17) is 9.51 Å². The fourth-order valence-corrected chi connectivity index (χ4v) is 4.86. The Hall–Kier alpha value is -3.48. The molecule has 0 saturated heterocycles. The average Bonchev–Trinajstić information content (AvgIpc) is 3.35. The molecule has 2 atom stereocenters. The molecule has 0 radical (unpaired) electrons. The van der Waals surface area contributed by atoms with Gasteiger partial charge in [-0.2, -0.15) is 5.10 Å². The number of hydrogen-bond donors (Lipinski definition) is 1. The molecule has 3 aromatic heterocycles. The van der Waals surface area contributed by atoms with E-state index < -0.39 is 0 Å². The fraction of sp³-hybridized carbons (Fsp3) is 0.360. The average molecular weight is 428 g/mol. The first-order valence-corrected chi connectivity index (χ1v) is 11.4. The summed E-state index contributed by atoms with van der Waals surface area (Å²) in [6.07, 6.45) is 10.1. The first-order valence-electron chi connectivity index (χ1n) is 11.4. The van der Waals surface area contributed by atoms with Gasteiger partial charge >= 0.3 is 0 Å². The van der Waals surface area contributed by atoms with Crippen LogP contribution >= 0.6 is 0 Å². The summed E-state index contributed by atoms with van der Waals surface area (Å²) < 4.78 is 7.60. The van der Waals surface area contributed by atoms with Crippen molar-refractivity contribution < 1.29 is 9.32 Å². The van der Waals surface area contributed by atoms with Gasteiger partial charge in [0.1, 0.15) is 0 Å². The summed E-state index contributed by atoms with van der Waals surface area (Å²) in [5, 5.41) is 12.8. The molecule has 1 N–H and O–H groups in total. The van der Waals surface area contributed by atoms with Gasteiger partial charge in [-0.3, -0.25) is 9.48 Å². The number of carbonyl (C=O) groups is 1. The van der Waals surface area contributed by atoms with Crippen LogP contribution in [0.25, 0.3) is 22.4 Å². The molecule has 2 fully saturated rings. The molecule has 3 heterocycles. The van der Waals surface area contributed by atoms with Crippen molar-refractivity contribution in [3.05, 3.63) is 66.1 Å². The lowest BCUT2D eigenvalue weighted by Crippen LogP contribution is -2.43. The molecule has 2 unspecified atom stereocenters. The number of nitrogens with one attached hydrogen (secondary N) is 1. The number of nitrogens with zero attached hydrogens (tertiary/aromatic N) is 4. The van der Waals surface area contributed by atoms with Crippen molar-refractivity contribution in [1.82, 2.24) is 25.2 Å². The molecule has 2 saturated carbocycles. The maximum absolute atomic E-state index is 13.7. The van der Waals surface area contributed by atoms with Crippen LogP contribution in [0.2, 0.25) is 0 Å². The molecule has 162 valence electrons. The number of fused-ring (bicyclic) bond motifs is 1. The van der Waals surface area contributed by atoms with Crippen LogP contribution in [0, 0.1) is 0 Å². The van der Waals surface area contributed by atoms with Crippen molar-refractivity contribution in [1.29, 1.82) is 0 Å². The smallest absolute Gasteiger partial charge is 0.259 e. The maximum atomic E-state index is 13.7. The Kier molecular flexibility index (Phi) is 4.74. The van der Waals surface area contributed by atoms with Gasteiger partial charge in [0, 0.05) is 23.9 Å². The zero-order chi connectivity index (χ0) is 21.5. The molecule has 6 rings (SSSR count). The first-order chi connectivity index (χ1) is 15.8. The largest absolute Gasteiger partial charge is 0.347 e. The van der Waals surface area contributed by atoms with E-state index in [1.807, 2.05) is 53.3 Å². The van der Waals surface area contributed by atoms with Crippen molar-refractivity contribution in [3.63, 3.8) is 0 Å². The minimum absolute atomic E-state index is 0.0313. The van der Waals surface area contributed by atoms with E-state index in [1.54, 1.807) is 6.20 Å². The van der Waals surface area contributed by atoms with Gasteiger partial charge in [-0.1, -0.05) is 48.3 Å². The van der Waals surface area contributed by atoms with Gasteiger partial charge in [0.05, 0.1) is 34.4 Å². The van der Waals surface area contributed by atoms with Gasteiger partial charge in [0.2, 0.25) is 0 Å². The molecule has 7 heteroatoms. The van der Waals surface area contributed by atoms with E-state index in [-0.39, 0.29) is 18.0 Å². The Bertz CT molecular complexity index is 1240. The molecule has 2 aliphatic carbocycles. The van der Waals surface area contributed by atoms with Gasteiger partial charge in [-0.05, 0) is 37.8 Å². The van der Waals surface area contributed by atoms with E-state index >= 15 is 0 Å². The lowest BCUT2D eigenvalue weighted by atomic mass is 9.90. The SMILES string of the molecule is O=C(NC1CCCCC1n1cccn1)c1cc(-c2ccccc2)nc2onc(C3CC3)c12. The van der Waals surface area contributed by atoms with Gasteiger partial charge in [0.25, 0.3) is 11.6 Å². The van der Waals surface area contributed by atoms with Crippen LogP contribution in [-0.4, -0.2) is 31.9 Å². The highest BCUT2D eigenvalue weighted by atomic mass is 16.5. The fourth-order valence-electron chi connectivity index (χ4n) is 4.86. The summed E-state index contributed by atoms with van der Waals surface area (Å²) in [6.45, 7) is 0. The van der Waals surface area contributed by atoms with Crippen LogP contribution in [0.1, 0.15) is 66.5 Å². The minimum Gasteiger partial charge on any atom is -0.347 e. The van der Waals surface area contributed by atoms with Crippen molar-refractivity contribution in [2.24, 2.45) is 0 Å². The van der Waals surface area contributed by atoms with Crippen LogP contribution in [0.4, 0.5) is 0 Å². The summed E-state index contributed by atoms with van der Waals surface area (Å²) in [5.74, 6) is 0.266. The van der Waals surface area contributed by atoms with Crippen LogP contribution in [0.3, 0.4) is 0 Å². The normalized spacial score (nSPS) is 21.0. The number of benzene rings is 1. The van der Waals surface area contributed by atoms with E-state index in [0.29, 0.717) is 22.9 Å². The molecule has 0 spiro atoms. The zero-order valence-corrected chi connectivity index (χ0v) is 17.8. The van der Waals surface area contributed by atoms with Crippen LogP contribution in [0.15, 0.2) is 59.4 Å². The van der Waals surface area contributed by atoms with Crippen molar-refractivity contribution in [3.8, 4) is 11.3 Å². The van der Waals surface area contributed by atoms with Gasteiger partial charge in [0.15, 0.2) is 0 Å². The second kappa shape index (κ2) is 7.89. The van der Waals surface area contributed by atoms with E-state index in [0.717, 1.165) is 55.2 Å². The Morgan fingerprint density at radius 1 is 1.06 bits per heavy atom. The molecule has 0 bridgehead atoms. The van der Waals surface area contributed by atoms with Gasteiger partial charge in [-0.15, -0.1) is 0 Å². The number of pyridine rings is 1. The molecule has 32 heavy (non-hydrogen) atoms. The summed E-state index contributed by atoms with van der Waals surface area (Å²) >= 11 is 0. The monoisotopic (exact) mass is 427 g/mol. The molecule has 0 aliphatic heterocycles. The van der Waals surface area contributed by atoms with Gasteiger partial charge in [-0.25, -0.2) is 4.98 Å². The van der Waals surface area contributed by atoms with Crippen molar-refractivity contribution >= 4 is 17.0 Å². The molecule has 2 aliphatic rings. The first kappa shape index (κ1) is 19.2. The quantitative estimate of drug-likeness (QED) is 0.491. The predicted octanol–water partition coefficient (Wildman–Crippen LogP) is 4.88. The zero-order valence-electron chi connectivity index (χ0n) is 17.8. The number of aromatic nitrogens is 4. The highest BCUT2D eigenvalue weighted by molar-refractivity contribution is 6.07. The summed E-state index contributed by atoms with van der Waals surface area (Å²) in [7, 11) is 0. The van der Waals surface area contributed by atoms with E-state index in [9.17, 15) is 4.79 Å². The maximum Gasteiger partial charge on any atom is 0.259 e. The Morgan fingerprint density at radius 2 is 1.91 bits per heavy atom. The van der Waals surface area contributed by atoms with Crippen molar-refractivity contribution in [2.45, 2.75) is 56.5 Å².